The van der Waals surface area contributed by atoms with Crippen molar-refractivity contribution in [2.45, 2.75) is 52.3 Å². The third-order valence-electron chi connectivity index (χ3n) is 7.72. The number of aromatic nitrogens is 3. The number of carbonyl (C=O) groups excluding carboxylic acids is 1. The average Bonchev–Trinajstić information content (AvgIpc) is 3.54. The molecule has 1 atom stereocenters. The zero-order valence-electron chi connectivity index (χ0n) is 26.7. The zero-order valence-corrected chi connectivity index (χ0v) is 27.5. The summed E-state index contributed by atoms with van der Waals surface area (Å²) in [5.74, 6) is 1.89. The third kappa shape index (κ3) is 8.39. The zero-order chi connectivity index (χ0) is 33.7. The molecule has 2 heterocycles. The Labute approximate surface area is 275 Å². The van der Waals surface area contributed by atoms with Crippen molar-refractivity contribution >= 4 is 34.4 Å². The number of amidine groups is 1. The molecule has 5 rings (SSSR count). The summed E-state index contributed by atoms with van der Waals surface area (Å²) >= 11 is 1.55. The molecule has 1 saturated heterocycles. The quantitative estimate of drug-likeness (QED) is 0.174. The first-order valence-electron chi connectivity index (χ1n) is 15.1. The minimum absolute atomic E-state index is 0.152. The lowest BCUT2D eigenvalue weighted by atomic mass is 9.96. The molecule has 0 bridgehead atoms. The van der Waals surface area contributed by atoms with E-state index in [9.17, 15) is 18.0 Å². The number of alkyl halides is 3. The van der Waals surface area contributed by atoms with Crippen LogP contribution in [0.5, 0.6) is 11.5 Å². The molecular formula is C34H35F3N6O3S. The Kier molecular flexibility index (Phi) is 10.3. The molecule has 3 aromatic carbocycles. The topological polar surface area (TPSA) is 94.2 Å². The summed E-state index contributed by atoms with van der Waals surface area (Å²) in [5.41, 5.74) is 5.00. The highest BCUT2D eigenvalue weighted by Gasteiger charge is 2.31. The van der Waals surface area contributed by atoms with Gasteiger partial charge < -0.3 is 14.4 Å². The van der Waals surface area contributed by atoms with Crippen LogP contribution in [0.4, 0.5) is 23.7 Å². The van der Waals surface area contributed by atoms with Gasteiger partial charge in [-0.1, -0.05) is 56.8 Å². The predicted molar refractivity (Wildman–Crippen MR) is 179 cm³/mol. The number of hydrogen-bond donors (Lipinski definition) is 0. The highest BCUT2D eigenvalue weighted by Crippen LogP contribution is 2.35. The van der Waals surface area contributed by atoms with Gasteiger partial charge in [-0.05, 0) is 72.9 Å². The van der Waals surface area contributed by atoms with E-state index in [4.69, 9.17) is 4.74 Å². The van der Waals surface area contributed by atoms with Crippen LogP contribution in [0.1, 0.15) is 57.1 Å². The van der Waals surface area contributed by atoms with Crippen LogP contribution in [0.3, 0.4) is 0 Å². The molecule has 4 aromatic rings. The van der Waals surface area contributed by atoms with Gasteiger partial charge in [0, 0.05) is 35.2 Å². The molecule has 0 saturated carbocycles. The van der Waals surface area contributed by atoms with Crippen molar-refractivity contribution in [2.75, 3.05) is 24.3 Å². The van der Waals surface area contributed by atoms with E-state index < -0.39 is 12.4 Å². The number of rotatable bonds is 8. The molecule has 1 fully saturated rings. The van der Waals surface area contributed by atoms with E-state index in [0.29, 0.717) is 22.4 Å². The van der Waals surface area contributed by atoms with E-state index in [0.717, 1.165) is 46.8 Å². The third-order valence-corrected chi connectivity index (χ3v) is 8.78. The normalized spacial score (nSPS) is 15.6. The van der Waals surface area contributed by atoms with Gasteiger partial charge in [0.1, 0.15) is 17.8 Å². The van der Waals surface area contributed by atoms with Crippen molar-refractivity contribution in [1.29, 1.82) is 0 Å². The van der Waals surface area contributed by atoms with Crippen LogP contribution < -0.4 is 14.4 Å². The fourth-order valence-electron chi connectivity index (χ4n) is 5.08. The van der Waals surface area contributed by atoms with Crippen LogP contribution in [0, 0.1) is 0 Å². The first-order chi connectivity index (χ1) is 22.4. The van der Waals surface area contributed by atoms with Gasteiger partial charge in [-0.2, -0.15) is 4.99 Å². The average molecular weight is 665 g/mol. The van der Waals surface area contributed by atoms with Gasteiger partial charge in [-0.25, -0.2) is 19.5 Å². The molecule has 2 amide bonds. The largest absolute Gasteiger partial charge is 0.573 e. The number of methoxy groups -OCH3 is 1. The summed E-state index contributed by atoms with van der Waals surface area (Å²) in [6.45, 7) is 8.81. The molecule has 0 N–H and O–H groups in total. The Hall–Kier alpha value is -4.65. The fraction of sp³-hybridized carbons (Fsp3) is 0.324. The van der Waals surface area contributed by atoms with Crippen molar-refractivity contribution < 1.29 is 27.4 Å². The van der Waals surface area contributed by atoms with E-state index in [1.165, 1.54) is 35.3 Å². The fourth-order valence-corrected chi connectivity index (χ4v) is 6.02. The molecule has 1 aliphatic heterocycles. The van der Waals surface area contributed by atoms with Gasteiger partial charge in [0.25, 0.3) is 0 Å². The molecule has 13 heteroatoms. The number of nitrogens with zero attached hydrogens (tertiary/aromatic N) is 6. The second-order valence-corrected chi connectivity index (χ2v) is 12.3. The van der Waals surface area contributed by atoms with E-state index >= 15 is 0 Å². The summed E-state index contributed by atoms with van der Waals surface area (Å²) in [5, 5.41) is 5.10. The van der Waals surface area contributed by atoms with Crippen molar-refractivity contribution in [3.8, 4) is 28.6 Å². The minimum atomic E-state index is -4.76. The summed E-state index contributed by atoms with van der Waals surface area (Å²) in [4.78, 5) is 28.3. The Morgan fingerprint density at radius 2 is 1.70 bits per heavy atom. The Morgan fingerprint density at radius 3 is 2.36 bits per heavy atom. The maximum Gasteiger partial charge on any atom is 0.573 e. The number of urea groups is 1. The monoisotopic (exact) mass is 664 g/mol. The Bertz CT molecular complexity index is 1770. The molecule has 9 nitrogen and oxygen atoms in total. The van der Waals surface area contributed by atoms with Crippen LogP contribution in [0.2, 0.25) is 0 Å². The number of hydrogen-bond acceptors (Lipinski definition) is 6. The molecule has 1 unspecified atom stereocenters. The highest BCUT2D eigenvalue weighted by atomic mass is 32.2. The van der Waals surface area contributed by atoms with E-state index in [2.05, 4.69) is 43.6 Å². The summed E-state index contributed by atoms with van der Waals surface area (Å²) in [6, 6.07) is 18.4. The van der Waals surface area contributed by atoms with Gasteiger partial charge in [-0.3, -0.25) is 0 Å². The molecule has 0 spiro atoms. The maximum atomic E-state index is 13.1. The van der Waals surface area contributed by atoms with Crippen LogP contribution in [-0.2, 0) is 0 Å². The summed E-state index contributed by atoms with van der Waals surface area (Å²) in [6.07, 6.45) is -2.30. The smallest absolute Gasteiger partial charge is 0.497 e. The van der Waals surface area contributed by atoms with Crippen LogP contribution in [0.25, 0.3) is 17.1 Å². The molecule has 0 aliphatic carbocycles. The lowest BCUT2D eigenvalue weighted by molar-refractivity contribution is -0.274. The van der Waals surface area contributed by atoms with E-state index in [-0.39, 0.29) is 17.6 Å². The lowest BCUT2D eigenvalue weighted by Gasteiger charge is -2.32. The first-order valence-corrected chi connectivity index (χ1v) is 16.0. The lowest BCUT2D eigenvalue weighted by Crippen LogP contribution is -2.35. The second kappa shape index (κ2) is 14.4. The number of amides is 2. The number of thioether (sulfide) groups is 1. The number of anilines is 1. The number of aliphatic imine (C=N–C) groups is 2. The van der Waals surface area contributed by atoms with Crippen molar-refractivity contribution in [3.63, 3.8) is 0 Å². The number of ether oxygens (including phenoxy) is 2. The van der Waals surface area contributed by atoms with E-state index in [1.807, 2.05) is 56.3 Å². The molecule has 246 valence electrons. The van der Waals surface area contributed by atoms with E-state index in [1.54, 1.807) is 18.9 Å². The molecule has 0 radical (unpaired) electrons. The van der Waals surface area contributed by atoms with Crippen LogP contribution >= 0.6 is 11.8 Å². The minimum Gasteiger partial charge on any atom is -0.497 e. The summed E-state index contributed by atoms with van der Waals surface area (Å²) in [7, 11) is 1.65. The molecule has 47 heavy (non-hydrogen) atoms. The number of benzene rings is 3. The summed E-state index contributed by atoms with van der Waals surface area (Å²) < 4.78 is 48.2. The van der Waals surface area contributed by atoms with Gasteiger partial charge in [0.05, 0.1) is 12.8 Å². The maximum absolute atomic E-state index is 13.1. The van der Waals surface area contributed by atoms with Crippen molar-refractivity contribution in [2.24, 2.45) is 9.98 Å². The SMILES string of the molecule is COc1ccc(N2CCCSC2=NC(=O)N=C(C)C(C)c2ccc(-c3ncn(-c4ccc(OC(F)(F)F)cc4)n3)cc2)c(C(C)C)c1. The van der Waals surface area contributed by atoms with Crippen LogP contribution in [-0.4, -0.2) is 57.4 Å². The van der Waals surface area contributed by atoms with Crippen molar-refractivity contribution in [1.82, 2.24) is 14.8 Å². The number of carbonyl (C=O) groups is 1. The molecule has 1 aromatic heterocycles. The van der Waals surface area contributed by atoms with Gasteiger partial charge >= 0.3 is 12.4 Å². The number of halogens is 3. The highest BCUT2D eigenvalue weighted by molar-refractivity contribution is 8.14. The second-order valence-electron chi connectivity index (χ2n) is 11.3. The van der Waals surface area contributed by atoms with Gasteiger partial charge in [0.15, 0.2) is 11.0 Å². The first kappa shape index (κ1) is 33.7. The Morgan fingerprint density at radius 1 is 1.00 bits per heavy atom. The standard InChI is InChI=1S/C34H35F3N6O3S/c1-21(2)29-19-28(45-5)15-16-30(29)42-17-6-18-47-33(42)40-32(44)39-23(4)22(3)24-7-9-25(10-8-24)31-38-20-43(41-31)26-11-13-27(14-12-26)46-34(35,36)37/h7-16,19-22H,6,17-18H2,1-5H3. The van der Waals surface area contributed by atoms with Crippen molar-refractivity contribution in [3.05, 3.63) is 84.2 Å². The predicted octanol–water partition coefficient (Wildman–Crippen LogP) is 8.65. The van der Waals surface area contributed by atoms with Crippen LogP contribution in [0.15, 0.2) is 83.0 Å². The van der Waals surface area contributed by atoms with Gasteiger partial charge in [0.2, 0.25) is 0 Å². The molecular weight excluding hydrogens is 629 g/mol. The van der Waals surface area contributed by atoms with Gasteiger partial charge in [-0.15, -0.1) is 18.3 Å². The Balaban J connectivity index is 1.27. The molecule has 1 aliphatic rings.